The zero-order chi connectivity index (χ0) is 13.1. The van der Waals surface area contributed by atoms with Crippen LogP contribution in [0.4, 0.5) is 0 Å². The maximum atomic E-state index is 4.42. The van der Waals surface area contributed by atoms with E-state index < -0.39 is 0 Å². The lowest BCUT2D eigenvalue weighted by atomic mass is 9.65. The van der Waals surface area contributed by atoms with Crippen molar-refractivity contribution >= 4 is 5.96 Å². The van der Waals surface area contributed by atoms with Crippen molar-refractivity contribution in [2.75, 3.05) is 13.6 Å². The highest BCUT2D eigenvalue weighted by atomic mass is 15.2. The van der Waals surface area contributed by atoms with Crippen LogP contribution in [-0.4, -0.2) is 25.6 Å². The van der Waals surface area contributed by atoms with Gasteiger partial charge in [-0.05, 0) is 49.9 Å². The minimum Gasteiger partial charge on any atom is -0.356 e. The zero-order valence-corrected chi connectivity index (χ0v) is 12.4. The van der Waals surface area contributed by atoms with Crippen molar-refractivity contribution < 1.29 is 0 Å². The Kier molecular flexibility index (Phi) is 3.99. The molecule has 0 saturated heterocycles. The van der Waals surface area contributed by atoms with E-state index in [0.29, 0.717) is 11.5 Å². The lowest BCUT2D eigenvalue weighted by molar-refractivity contribution is 0.105. The first-order chi connectivity index (χ1) is 9.32. The van der Waals surface area contributed by atoms with Gasteiger partial charge < -0.3 is 10.6 Å². The minimum atomic E-state index is 0.629. The van der Waals surface area contributed by atoms with E-state index in [9.17, 15) is 0 Å². The fourth-order valence-corrected chi connectivity index (χ4v) is 3.95. The maximum absolute atomic E-state index is 4.42. The summed E-state index contributed by atoms with van der Waals surface area (Å²) < 4.78 is 0. The van der Waals surface area contributed by atoms with Gasteiger partial charge in [-0.1, -0.05) is 25.7 Å². The summed E-state index contributed by atoms with van der Waals surface area (Å²) in [6.07, 6.45) is 14.0. The van der Waals surface area contributed by atoms with E-state index in [2.05, 4.69) is 15.6 Å². The number of guanidine groups is 1. The van der Waals surface area contributed by atoms with Gasteiger partial charge in [-0.15, -0.1) is 0 Å². The van der Waals surface area contributed by atoms with Gasteiger partial charge >= 0.3 is 0 Å². The highest BCUT2D eigenvalue weighted by Gasteiger charge is 2.48. The minimum absolute atomic E-state index is 0.629. The molecule has 0 aliphatic heterocycles. The number of nitrogens with zero attached hydrogens (tertiary/aromatic N) is 1. The summed E-state index contributed by atoms with van der Waals surface area (Å²) in [4.78, 5) is 4.42. The van der Waals surface area contributed by atoms with Crippen molar-refractivity contribution in [1.82, 2.24) is 10.6 Å². The molecule has 3 aliphatic carbocycles. The van der Waals surface area contributed by atoms with E-state index >= 15 is 0 Å². The van der Waals surface area contributed by atoms with Crippen LogP contribution in [-0.2, 0) is 0 Å². The second kappa shape index (κ2) is 5.72. The Morgan fingerprint density at radius 3 is 2.32 bits per heavy atom. The second-order valence-corrected chi connectivity index (χ2v) is 6.90. The van der Waals surface area contributed by atoms with Crippen molar-refractivity contribution in [3.8, 4) is 0 Å². The molecule has 0 aromatic heterocycles. The molecule has 3 saturated carbocycles. The van der Waals surface area contributed by atoms with Crippen LogP contribution in [0.3, 0.4) is 0 Å². The fraction of sp³-hybridized carbons (Fsp3) is 0.938. The maximum Gasteiger partial charge on any atom is 0.191 e. The lowest BCUT2D eigenvalue weighted by Gasteiger charge is -2.43. The van der Waals surface area contributed by atoms with Gasteiger partial charge in [-0.25, -0.2) is 0 Å². The summed E-state index contributed by atoms with van der Waals surface area (Å²) in [5, 5.41) is 7.24. The quantitative estimate of drug-likeness (QED) is 0.604. The van der Waals surface area contributed by atoms with E-state index in [0.717, 1.165) is 18.4 Å². The van der Waals surface area contributed by atoms with Crippen LogP contribution in [0.5, 0.6) is 0 Å². The van der Waals surface area contributed by atoms with Gasteiger partial charge in [0.25, 0.3) is 0 Å². The molecule has 0 radical (unpaired) electrons. The Morgan fingerprint density at radius 1 is 1.05 bits per heavy atom. The molecule has 0 amide bonds. The van der Waals surface area contributed by atoms with Crippen LogP contribution in [0.1, 0.15) is 64.2 Å². The van der Waals surface area contributed by atoms with Crippen LogP contribution in [0.25, 0.3) is 0 Å². The predicted molar refractivity (Wildman–Crippen MR) is 80.4 cm³/mol. The van der Waals surface area contributed by atoms with E-state index in [-0.39, 0.29) is 0 Å². The Hall–Kier alpha value is -0.730. The first kappa shape index (κ1) is 13.3. The first-order valence-corrected chi connectivity index (χ1v) is 8.30. The highest BCUT2D eigenvalue weighted by Crippen LogP contribution is 2.56. The zero-order valence-electron chi connectivity index (χ0n) is 12.4. The molecule has 3 rings (SSSR count). The van der Waals surface area contributed by atoms with E-state index in [4.69, 9.17) is 0 Å². The molecule has 3 fully saturated rings. The van der Waals surface area contributed by atoms with Gasteiger partial charge in [0.15, 0.2) is 5.96 Å². The van der Waals surface area contributed by atoms with E-state index in [1.54, 1.807) is 0 Å². The normalized spacial score (nSPS) is 27.7. The van der Waals surface area contributed by atoms with E-state index in [1.165, 1.54) is 64.2 Å². The summed E-state index contributed by atoms with van der Waals surface area (Å²) in [6.45, 7) is 1.14. The molecule has 0 aromatic rings. The molecule has 3 aliphatic rings. The average molecular weight is 263 g/mol. The average Bonchev–Trinajstić information content (AvgIpc) is 3.22. The third-order valence-corrected chi connectivity index (χ3v) is 5.57. The topological polar surface area (TPSA) is 36.4 Å². The van der Waals surface area contributed by atoms with Crippen molar-refractivity contribution in [3.63, 3.8) is 0 Å². The molecule has 0 atom stereocenters. The molecule has 0 heterocycles. The van der Waals surface area contributed by atoms with Crippen LogP contribution in [0, 0.1) is 11.3 Å². The first-order valence-electron chi connectivity index (χ1n) is 8.30. The van der Waals surface area contributed by atoms with Crippen molar-refractivity contribution in [1.29, 1.82) is 0 Å². The number of nitrogens with one attached hydrogen (secondary N) is 2. The second-order valence-electron chi connectivity index (χ2n) is 6.90. The Morgan fingerprint density at radius 2 is 1.79 bits per heavy atom. The lowest BCUT2D eigenvalue weighted by Crippen LogP contribution is -2.50. The van der Waals surface area contributed by atoms with Crippen LogP contribution in [0.2, 0.25) is 0 Å². The number of aliphatic imine (C=N–C) groups is 1. The van der Waals surface area contributed by atoms with Crippen LogP contribution < -0.4 is 10.6 Å². The molecule has 3 nitrogen and oxygen atoms in total. The molecule has 108 valence electrons. The molecule has 3 heteroatoms. The summed E-state index contributed by atoms with van der Waals surface area (Å²) >= 11 is 0. The third kappa shape index (κ3) is 3.06. The summed E-state index contributed by atoms with van der Waals surface area (Å²) in [7, 11) is 1.91. The molecule has 19 heavy (non-hydrogen) atoms. The summed E-state index contributed by atoms with van der Waals surface area (Å²) in [5.41, 5.74) is 0.629. The van der Waals surface area contributed by atoms with Crippen molar-refractivity contribution in [2.45, 2.75) is 70.3 Å². The molecule has 2 N–H and O–H groups in total. The van der Waals surface area contributed by atoms with E-state index in [1.807, 2.05) is 7.05 Å². The molecular formula is C16H29N3. The number of rotatable bonds is 4. The summed E-state index contributed by atoms with van der Waals surface area (Å²) in [5.74, 6) is 2.06. The standard InChI is InChI=1S/C16H29N3/c1-17-15(19-14-6-3-2-4-7-14)18-12-16(10-5-11-16)13-8-9-13/h13-14H,2-12H2,1H3,(H2,17,18,19). The van der Waals surface area contributed by atoms with Crippen molar-refractivity contribution in [2.24, 2.45) is 16.3 Å². The molecule has 0 aromatic carbocycles. The third-order valence-electron chi connectivity index (χ3n) is 5.57. The summed E-state index contributed by atoms with van der Waals surface area (Å²) in [6, 6.07) is 0.651. The van der Waals surface area contributed by atoms with Crippen LogP contribution in [0.15, 0.2) is 4.99 Å². The van der Waals surface area contributed by atoms with Crippen LogP contribution >= 0.6 is 0 Å². The molecule has 0 unspecified atom stereocenters. The number of hydrogen-bond acceptors (Lipinski definition) is 1. The Bertz CT molecular complexity index is 323. The monoisotopic (exact) mass is 263 g/mol. The van der Waals surface area contributed by atoms with Gasteiger partial charge in [0.1, 0.15) is 0 Å². The van der Waals surface area contributed by atoms with Crippen molar-refractivity contribution in [3.05, 3.63) is 0 Å². The highest BCUT2D eigenvalue weighted by molar-refractivity contribution is 5.80. The Balaban J connectivity index is 1.46. The SMILES string of the molecule is CN=C(NCC1(C2CC2)CCC1)NC1CCCCC1. The molecular weight excluding hydrogens is 234 g/mol. The van der Waals surface area contributed by atoms with Gasteiger partial charge in [0.2, 0.25) is 0 Å². The molecule has 0 bridgehead atoms. The van der Waals surface area contributed by atoms with Gasteiger partial charge in [-0.2, -0.15) is 0 Å². The fourth-order valence-electron chi connectivity index (χ4n) is 3.95. The molecule has 0 spiro atoms. The largest absolute Gasteiger partial charge is 0.356 e. The van der Waals surface area contributed by atoms with Gasteiger partial charge in [0.05, 0.1) is 0 Å². The predicted octanol–water partition coefficient (Wildman–Crippen LogP) is 3.06. The Labute approximate surface area is 117 Å². The smallest absolute Gasteiger partial charge is 0.191 e. The van der Waals surface area contributed by atoms with Gasteiger partial charge in [0, 0.05) is 19.6 Å². The number of hydrogen-bond donors (Lipinski definition) is 2. The van der Waals surface area contributed by atoms with Gasteiger partial charge in [-0.3, -0.25) is 4.99 Å².